The minimum Gasteiger partial charge on any atom is -0.486 e. The Morgan fingerprint density at radius 3 is 2.65 bits per heavy atom. The molecule has 0 aliphatic carbocycles. The van der Waals surface area contributed by atoms with Gasteiger partial charge in [-0.2, -0.15) is 0 Å². The van der Waals surface area contributed by atoms with Gasteiger partial charge in [0.05, 0.1) is 0 Å². The number of benzene rings is 2. The number of nitrogens with one attached hydrogen (secondary N) is 1. The van der Waals surface area contributed by atoms with E-state index in [1.807, 2.05) is 18.2 Å². The van der Waals surface area contributed by atoms with Crippen molar-refractivity contribution in [2.24, 2.45) is 0 Å². The lowest BCUT2D eigenvalue weighted by molar-refractivity contribution is -0.123. The summed E-state index contributed by atoms with van der Waals surface area (Å²) in [5.41, 5.74) is 1.17. The molecule has 1 aliphatic rings. The minimum atomic E-state index is -0.144. The highest BCUT2D eigenvalue weighted by Crippen LogP contribution is 2.33. The number of rotatable bonds is 7. The zero-order chi connectivity index (χ0) is 18.4. The second-order valence-electron chi connectivity index (χ2n) is 6.19. The molecule has 26 heavy (non-hydrogen) atoms. The van der Waals surface area contributed by atoms with Gasteiger partial charge < -0.3 is 19.5 Å². The third-order valence-electron chi connectivity index (χ3n) is 4.22. The number of carbonyl (C=O) groups is 1. The van der Waals surface area contributed by atoms with Crippen molar-refractivity contribution >= 4 is 17.5 Å². The van der Waals surface area contributed by atoms with Crippen LogP contribution in [0.1, 0.15) is 24.8 Å². The van der Waals surface area contributed by atoms with E-state index in [0.717, 1.165) is 17.9 Å². The largest absolute Gasteiger partial charge is 0.486 e. The minimum absolute atomic E-state index is 0.0139. The van der Waals surface area contributed by atoms with Crippen LogP contribution in [-0.2, 0) is 4.79 Å². The van der Waals surface area contributed by atoms with Crippen LogP contribution in [0.2, 0.25) is 5.02 Å². The number of carbonyl (C=O) groups excluding carboxylic acids is 1. The molecular weight excluding hydrogens is 354 g/mol. The van der Waals surface area contributed by atoms with Crippen LogP contribution < -0.4 is 19.5 Å². The summed E-state index contributed by atoms with van der Waals surface area (Å²) < 4.78 is 16.6. The lowest BCUT2D eigenvalue weighted by Gasteiger charge is -2.20. The SMILES string of the molecule is CC(CCNC(=O)COc1ccc(Cl)cc1)c1ccc2c(c1)OCCO2. The predicted octanol–water partition coefficient (Wildman–Crippen LogP) is 3.80. The summed E-state index contributed by atoms with van der Waals surface area (Å²) in [5, 5.41) is 3.52. The number of amides is 1. The van der Waals surface area contributed by atoms with Gasteiger partial charge in [-0.3, -0.25) is 4.79 Å². The number of halogens is 1. The van der Waals surface area contributed by atoms with E-state index >= 15 is 0 Å². The van der Waals surface area contributed by atoms with Gasteiger partial charge in [0.15, 0.2) is 18.1 Å². The van der Waals surface area contributed by atoms with Crippen molar-refractivity contribution in [3.8, 4) is 17.2 Å². The smallest absolute Gasteiger partial charge is 0.257 e. The molecule has 0 radical (unpaired) electrons. The number of ether oxygens (including phenoxy) is 3. The molecule has 2 aromatic rings. The second-order valence-corrected chi connectivity index (χ2v) is 6.62. The molecule has 138 valence electrons. The summed E-state index contributed by atoms with van der Waals surface area (Å²) in [4.78, 5) is 11.9. The Morgan fingerprint density at radius 1 is 1.15 bits per heavy atom. The quantitative estimate of drug-likeness (QED) is 0.799. The van der Waals surface area contributed by atoms with Gasteiger partial charge in [0.1, 0.15) is 19.0 Å². The highest BCUT2D eigenvalue weighted by atomic mass is 35.5. The van der Waals surface area contributed by atoms with E-state index in [9.17, 15) is 4.79 Å². The Bertz CT molecular complexity index is 748. The Kier molecular flexibility index (Phi) is 6.23. The molecule has 0 saturated carbocycles. The first-order valence-corrected chi connectivity index (χ1v) is 9.04. The first kappa shape index (κ1) is 18.4. The normalized spacial score (nSPS) is 13.8. The van der Waals surface area contributed by atoms with Gasteiger partial charge >= 0.3 is 0 Å². The van der Waals surface area contributed by atoms with Crippen molar-refractivity contribution in [2.75, 3.05) is 26.4 Å². The van der Waals surface area contributed by atoms with Crippen LogP contribution in [0, 0.1) is 0 Å². The molecule has 0 bridgehead atoms. The molecule has 6 heteroatoms. The number of hydrogen-bond acceptors (Lipinski definition) is 4. The molecule has 0 fully saturated rings. The summed E-state index contributed by atoms with van der Waals surface area (Å²) in [7, 11) is 0. The Balaban J connectivity index is 1.41. The second kappa shape index (κ2) is 8.81. The van der Waals surface area contributed by atoms with Crippen LogP contribution in [0.4, 0.5) is 0 Å². The first-order chi connectivity index (χ1) is 12.6. The zero-order valence-corrected chi connectivity index (χ0v) is 15.4. The molecule has 0 saturated heterocycles. The van der Waals surface area contributed by atoms with Crippen molar-refractivity contribution in [3.63, 3.8) is 0 Å². The standard InChI is InChI=1S/C20H22ClNO4/c1-14(15-2-7-18-19(12-15)25-11-10-24-18)8-9-22-20(23)13-26-17-5-3-16(21)4-6-17/h2-7,12,14H,8-11,13H2,1H3,(H,22,23). The Morgan fingerprint density at radius 2 is 1.88 bits per heavy atom. The maximum absolute atomic E-state index is 11.9. The van der Waals surface area contributed by atoms with Gasteiger partial charge in [0.2, 0.25) is 0 Å². The van der Waals surface area contributed by atoms with Gasteiger partial charge in [-0.25, -0.2) is 0 Å². The van der Waals surface area contributed by atoms with Crippen molar-refractivity contribution < 1.29 is 19.0 Å². The van der Waals surface area contributed by atoms with Crippen LogP contribution in [0.25, 0.3) is 0 Å². The molecule has 1 atom stereocenters. The zero-order valence-electron chi connectivity index (χ0n) is 14.7. The summed E-state index contributed by atoms with van der Waals surface area (Å²) in [6.07, 6.45) is 0.826. The predicted molar refractivity (Wildman–Crippen MR) is 100 cm³/mol. The third-order valence-corrected chi connectivity index (χ3v) is 4.47. The molecule has 1 N–H and O–H groups in total. The average molecular weight is 376 g/mol. The molecular formula is C20H22ClNO4. The summed E-state index contributed by atoms with van der Waals surface area (Å²) in [6, 6.07) is 12.9. The molecule has 1 aliphatic heterocycles. The molecule has 0 spiro atoms. The molecule has 1 amide bonds. The van der Waals surface area contributed by atoms with E-state index in [1.165, 1.54) is 5.56 Å². The maximum atomic E-state index is 11.9. The van der Waals surface area contributed by atoms with E-state index in [2.05, 4.69) is 12.2 Å². The highest BCUT2D eigenvalue weighted by molar-refractivity contribution is 6.30. The van der Waals surface area contributed by atoms with Crippen molar-refractivity contribution in [2.45, 2.75) is 19.3 Å². The van der Waals surface area contributed by atoms with Gasteiger partial charge in [-0.15, -0.1) is 0 Å². The first-order valence-electron chi connectivity index (χ1n) is 8.66. The average Bonchev–Trinajstić information content (AvgIpc) is 2.67. The summed E-state index contributed by atoms with van der Waals surface area (Å²) >= 11 is 5.81. The topological polar surface area (TPSA) is 56.8 Å². The number of fused-ring (bicyclic) bond motifs is 1. The Hall–Kier alpha value is -2.40. The fourth-order valence-corrected chi connectivity index (χ4v) is 2.82. The fourth-order valence-electron chi connectivity index (χ4n) is 2.69. The molecule has 1 unspecified atom stereocenters. The molecule has 3 rings (SSSR count). The monoisotopic (exact) mass is 375 g/mol. The van der Waals surface area contributed by atoms with Gasteiger partial charge in [0, 0.05) is 11.6 Å². The number of hydrogen-bond donors (Lipinski definition) is 1. The lowest BCUT2D eigenvalue weighted by Crippen LogP contribution is -2.30. The van der Waals surface area contributed by atoms with Crippen LogP contribution >= 0.6 is 11.6 Å². The summed E-state index contributed by atoms with van der Waals surface area (Å²) in [5.74, 6) is 2.35. The van der Waals surface area contributed by atoms with Gasteiger partial charge in [0.25, 0.3) is 5.91 Å². The van der Waals surface area contributed by atoms with E-state index in [4.69, 9.17) is 25.8 Å². The van der Waals surface area contributed by atoms with Crippen LogP contribution in [0.5, 0.6) is 17.2 Å². The maximum Gasteiger partial charge on any atom is 0.257 e. The van der Waals surface area contributed by atoms with Crippen LogP contribution in [-0.4, -0.2) is 32.3 Å². The van der Waals surface area contributed by atoms with Gasteiger partial charge in [-0.05, 0) is 54.3 Å². The van der Waals surface area contributed by atoms with Crippen molar-refractivity contribution in [3.05, 3.63) is 53.1 Å². The third kappa shape index (κ3) is 5.05. The lowest BCUT2D eigenvalue weighted by atomic mass is 9.97. The molecule has 0 aromatic heterocycles. The highest BCUT2D eigenvalue weighted by Gasteiger charge is 2.14. The van der Waals surface area contributed by atoms with E-state index in [0.29, 0.717) is 36.4 Å². The fraction of sp³-hybridized carbons (Fsp3) is 0.350. The van der Waals surface area contributed by atoms with Crippen molar-refractivity contribution in [1.82, 2.24) is 5.32 Å². The van der Waals surface area contributed by atoms with Crippen LogP contribution in [0.15, 0.2) is 42.5 Å². The summed E-state index contributed by atoms with van der Waals surface area (Å²) in [6.45, 7) is 3.86. The molecule has 5 nitrogen and oxygen atoms in total. The molecule has 1 heterocycles. The van der Waals surface area contributed by atoms with E-state index in [-0.39, 0.29) is 12.5 Å². The van der Waals surface area contributed by atoms with E-state index in [1.54, 1.807) is 24.3 Å². The molecule has 2 aromatic carbocycles. The Labute approximate surface area is 158 Å². The van der Waals surface area contributed by atoms with Crippen LogP contribution in [0.3, 0.4) is 0 Å². The van der Waals surface area contributed by atoms with Crippen molar-refractivity contribution in [1.29, 1.82) is 0 Å². The van der Waals surface area contributed by atoms with Gasteiger partial charge in [-0.1, -0.05) is 24.6 Å². The van der Waals surface area contributed by atoms with E-state index < -0.39 is 0 Å².